The number of aliphatic hydroxyl groups is 2. The first-order chi connectivity index (χ1) is 8.30. The van der Waals surface area contributed by atoms with Crippen LogP contribution in [0, 0.1) is 0 Å². The van der Waals surface area contributed by atoms with E-state index in [2.05, 4.69) is 4.18 Å². The number of rotatable bonds is 5. The SMILES string of the molecule is CO[C@H]1O[C@H](COS(=O)(=O)O)[C@H](OC)[C@H](O)[C@H]1O. The molecule has 0 radical (unpaired) electrons. The van der Waals surface area contributed by atoms with Crippen LogP contribution >= 0.6 is 0 Å². The Morgan fingerprint density at radius 3 is 2.22 bits per heavy atom. The van der Waals surface area contributed by atoms with Crippen molar-refractivity contribution >= 4 is 10.4 Å². The lowest BCUT2D eigenvalue weighted by Gasteiger charge is -2.40. The van der Waals surface area contributed by atoms with Gasteiger partial charge in [0, 0.05) is 14.2 Å². The third-order valence-electron chi connectivity index (χ3n) is 2.53. The lowest BCUT2D eigenvalue weighted by Crippen LogP contribution is -2.59. The zero-order chi connectivity index (χ0) is 13.9. The van der Waals surface area contributed by atoms with E-state index < -0.39 is 47.7 Å². The molecule has 0 aliphatic carbocycles. The molecular weight excluding hydrogens is 272 g/mol. The monoisotopic (exact) mass is 288 g/mol. The molecule has 9 nitrogen and oxygen atoms in total. The summed E-state index contributed by atoms with van der Waals surface area (Å²) >= 11 is 0. The van der Waals surface area contributed by atoms with Gasteiger partial charge >= 0.3 is 10.4 Å². The standard InChI is InChI=1S/C8H16O9S/c1-14-7-4(3-16-18(11,12)13)17-8(15-2)6(10)5(7)9/h4-10H,3H2,1-2H3,(H,11,12,13)/t4-,5-,6-,7+,8+/m1/s1. The normalized spacial score (nSPS) is 37.7. The number of hydrogen-bond acceptors (Lipinski definition) is 8. The van der Waals surface area contributed by atoms with E-state index in [1.165, 1.54) is 14.2 Å². The van der Waals surface area contributed by atoms with Crippen LogP contribution in [0.4, 0.5) is 0 Å². The highest BCUT2D eigenvalue weighted by molar-refractivity contribution is 7.80. The largest absolute Gasteiger partial charge is 0.397 e. The first-order valence-corrected chi connectivity index (χ1v) is 6.35. The molecule has 0 aromatic rings. The second kappa shape index (κ2) is 6.21. The lowest BCUT2D eigenvalue weighted by atomic mass is 9.99. The van der Waals surface area contributed by atoms with Crippen LogP contribution < -0.4 is 0 Å². The summed E-state index contributed by atoms with van der Waals surface area (Å²) in [5, 5.41) is 19.3. The van der Waals surface area contributed by atoms with Crippen LogP contribution in [0.1, 0.15) is 0 Å². The minimum absolute atomic E-state index is 0.582. The summed E-state index contributed by atoms with van der Waals surface area (Å²) < 4.78 is 48.4. The Bertz CT molecular complexity index is 356. The summed E-state index contributed by atoms with van der Waals surface area (Å²) in [4.78, 5) is 0. The van der Waals surface area contributed by atoms with Crippen molar-refractivity contribution in [1.82, 2.24) is 0 Å². The number of methoxy groups -OCH3 is 2. The maximum absolute atomic E-state index is 10.5. The van der Waals surface area contributed by atoms with E-state index in [-0.39, 0.29) is 0 Å². The van der Waals surface area contributed by atoms with E-state index in [0.29, 0.717) is 0 Å². The summed E-state index contributed by atoms with van der Waals surface area (Å²) in [6.45, 7) is -0.582. The minimum atomic E-state index is -4.63. The molecule has 3 N–H and O–H groups in total. The lowest BCUT2D eigenvalue weighted by molar-refractivity contribution is -0.296. The zero-order valence-corrected chi connectivity index (χ0v) is 10.6. The van der Waals surface area contributed by atoms with Crippen molar-refractivity contribution in [1.29, 1.82) is 0 Å². The van der Waals surface area contributed by atoms with Crippen molar-refractivity contribution in [3.8, 4) is 0 Å². The Balaban J connectivity index is 2.74. The smallest absolute Gasteiger partial charge is 0.387 e. The number of hydrogen-bond donors (Lipinski definition) is 3. The van der Waals surface area contributed by atoms with E-state index in [0.717, 1.165) is 0 Å². The molecule has 1 heterocycles. The molecular formula is C8H16O9S. The van der Waals surface area contributed by atoms with Crippen LogP contribution in [0.5, 0.6) is 0 Å². The molecule has 108 valence electrons. The zero-order valence-electron chi connectivity index (χ0n) is 9.79. The van der Waals surface area contributed by atoms with Gasteiger partial charge in [0.05, 0.1) is 6.61 Å². The second-order valence-electron chi connectivity index (χ2n) is 3.67. The average molecular weight is 288 g/mol. The second-order valence-corrected chi connectivity index (χ2v) is 4.76. The molecule has 18 heavy (non-hydrogen) atoms. The van der Waals surface area contributed by atoms with Gasteiger partial charge in [-0.3, -0.25) is 4.55 Å². The van der Waals surface area contributed by atoms with Crippen molar-refractivity contribution in [2.24, 2.45) is 0 Å². The van der Waals surface area contributed by atoms with Gasteiger partial charge < -0.3 is 24.4 Å². The van der Waals surface area contributed by atoms with Crippen LogP contribution in [-0.4, -0.2) is 74.7 Å². The van der Waals surface area contributed by atoms with E-state index >= 15 is 0 Å². The van der Waals surface area contributed by atoms with Crippen molar-refractivity contribution in [2.45, 2.75) is 30.7 Å². The first-order valence-electron chi connectivity index (χ1n) is 4.99. The Morgan fingerprint density at radius 2 is 1.78 bits per heavy atom. The topological polar surface area (TPSA) is 132 Å². The molecule has 1 saturated heterocycles. The molecule has 0 amide bonds. The predicted molar refractivity (Wildman–Crippen MR) is 56.0 cm³/mol. The van der Waals surface area contributed by atoms with Crippen molar-refractivity contribution in [3.63, 3.8) is 0 Å². The number of aliphatic hydroxyl groups excluding tert-OH is 2. The van der Waals surface area contributed by atoms with Gasteiger partial charge in [-0.2, -0.15) is 8.42 Å². The van der Waals surface area contributed by atoms with Gasteiger partial charge in [0.15, 0.2) is 6.29 Å². The fraction of sp³-hybridized carbons (Fsp3) is 1.00. The molecule has 1 aliphatic rings. The van der Waals surface area contributed by atoms with Gasteiger partial charge in [0.25, 0.3) is 0 Å². The number of ether oxygens (including phenoxy) is 3. The Hall–Kier alpha value is -0.330. The van der Waals surface area contributed by atoms with E-state index in [9.17, 15) is 18.6 Å². The van der Waals surface area contributed by atoms with Crippen molar-refractivity contribution < 1.29 is 41.6 Å². The van der Waals surface area contributed by atoms with Crippen LogP contribution in [0.15, 0.2) is 0 Å². The van der Waals surface area contributed by atoms with E-state index in [1.807, 2.05) is 0 Å². The molecule has 0 aromatic carbocycles. The molecule has 0 bridgehead atoms. The van der Waals surface area contributed by atoms with Crippen LogP contribution in [-0.2, 0) is 28.8 Å². The molecule has 0 spiro atoms. The predicted octanol–water partition coefficient (Wildman–Crippen LogP) is -2.09. The summed E-state index contributed by atoms with van der Waals surface area (Å²) in [5.41, 5.74) is 0. The molecule has 10 heteroatoms. The first kappa shape index (κ1) is 15.7. The van der Waals surface area contributed by atoms with Gasteiger partial charge in [-0.05, 0) is 0 Å². The molecule has 0 aromatic heterocycles. The Morgan fingerprint density at radius 1 is 1.17 bits per heavy atom. The summed E-state index contributed by atoms with van der Waals surface area (Å²) in [6, 6.07) is 0. The minimum Gasteiger partial charge on any atom is -0.387 e. The van der Waals surface area contributed by atoms with Crippen LogP contribution in [0.25, 0.3) is 0 Å². The van der Waals surface area contributed by atoms with Crippen molar-refractivity contribution in [2.75, 3.05) is 20.8 Å². The van der Waals surface area contributed by atoms with Gasteiger partial charge in [0.2, 0.25) is 0 Å². The van der Waals surface area contributed by atoms with Gasteiger partial charge in [-0.25, -0.2) is 4.18 Å². The Kier molecular flexibility index (Phi) is 5.43. The fourth-order valence-electron chi connectivity index (χ4n) is 1.68. The molecule has 5 atom stereocenters. The van der Waals surface area contributed by atoms with E-state index in [4.69, 9.17) is 18.8 Å². The van der Waals surface area contributed by atoms with Gasteiger partial charge in [-0.1, -0.05) is 0 Å². The van der Waals surface area contributed by atoms with Crippen LogP contribution in [0.2, 0.25) is 0 Å². The Labute approximate surface area is 104 Å². The van der Waals surface area contributed by atoms with Crippen LogP contribution in [0.3, 0.4) is 0 Å². The van der Waals surface area contributed by atoms with Gasteiger partial charge in [0.1, 0.15) is 24.4 Å². The van der Waals surface area contributed by atoms with Gasteiger partial charge in [-0.15, -0.1) is 0 Å². The highest BCUT2D eigenvalue weighted by Crippen LogP contribution is 2.24. The van der Waals surface area contributed by atoms with Crippen molar-refractivity contribution in [3.05, 3.63) is 0 Å². The third kappa shape index (κ3) is 3.83. The molecule has 1 aliphatic heterocycles. The highest BCUT2D eigenvalue weighted by Gasteiger charge is 2.45. The fourth-order valence-corrected chi connectivity index (χ4v) is 1.98. The molecule has 1 rings (SSSR count). The summed E-state index contributed by atoms with van der Waals surface area (Å²) in [7, 11) is -2.14. The molecule has 0 unspecified atom stereocenters. The summed E-state index contributed by atoms with van der Waals surface area (Å²) in [5.74, 6) is 0. The summed E-state index contributed by atoms with van der Waals surface area (Å²) in [6.07, 6.45) is -5.89. The maximum atomic E-state index is 10.5. The molecule has 0 saturated carbocycles. The molecule has 1 fully saturated rings. The highest BCUT2D eigenvalue weighted by atomic mass is 32.3. The third-order valence-corrected chi connectivity index (χ3v) is 2.96. The average Bonchev–Trinajstić information content (AvgIpc) is 2.29. The quantitative estimate of drug-likeness (QED) is 0.487. The van der Waals surface area contributed by atoms with E-state index in [1.54, 1.807) is 0 Å². The maximum Gasteiger partial charge on any atom is 0.397 e.